The van der Waals surface area contributed by atoms with Crippen LogP contribution in [0.4, 0.5) is 0 Å². The summed E-state index contributed by atoms with van der Waals surface area (Å²) in [7, 11) is 0. The van der Waals surface area contributed by atoms with E-state index in [0.29, 0.717) is 13.1 Å². The Kier molecular flexibility index (Phi) is 7.62. The van der Waals surface area contributed by atoms with Crippen molar-refractivity contribution in [3.8, 4) is 0 Å². The van der Waals surface area contributed by atoms with E-state index in [-0.39, 0.29) is 13.2 Å². The molecule has 2 N–H and O–H groups in total. The molecule has 0 spiro atoms. The summed E-state index contributed by atoms with van der Waals surface area (Å²) in [6, 6.07) is 0. The second kappa shape index (κ2) is 8.23. The monoisotopic (exact) mass is 216 g/mol. The first-order valence-electron chi connectivity index (χ1n) is 5.35. The lowest BCUT2D eigenvalue weighted by Crippen LogP contribution is -2.44. The van der Waals surface area contributed by atoms with Crippen molar-refractivity contribution in [2.45, 2.75) is 26.7 Å². The van der Waals surface area contributed by atoms with Gasteiger partial charge in [0.1, 0.15) is 0 Å². The van der Waals surface area contributed by atoms with Gasteiger partial charge in [-0.25, -0.2) is 0 Å². The van der Waals surface area contributed by atoms with Gasteiger partial charge in [0.25, 0.3) is 0 Å². The van der Waals surface area contributed by atoms with Crippen LogP contribution in [-0.2, 0) is 9.59 Å². The van der Waals surface area contributed by atoms with Gasteiger partial charge in [-0.3, -0.25) is 9.59 Å². The van der Waals surface area contributed by atoms with Crippen LogP contribution < -0.4 is 5.32 Å². The number of hydrogen-bond acceptors (Lipinski definition) is 3. The van der Waals surface area contributed by atoms with Gasteiger partial charge in [0, 0.05) is 19.6 Å². The van der Waals surface area contributed by atoms with Gasteiger partial charge in [0.15, 0.2) is 0 Å². The molecular weight excluding hydrogens is 196 g/mol. The van der Waals surface area contributed by atoms with E-state index in [1.54, 1.807) is 6.92 Å². The summed E-state index contributed by atoms with van der Waals surface area (Å²) in [5.41, 5.74) is 0. The molecule has 0 aromatic rings. The highest BCUT2D eigenvalue weighted by Crippen LogP contribution is 1.90. The molecule has 0 aliphatic carbocycles. The molecule has 0 aliphatic heterocycles. The molecule has 0 atom stereocenters. The number of aliphatic hydroxyl groups is 1. The molecule has 0 rings (SSSR count). The summed E-state index contributed by atoms with van der Waals surface area (Å²) < 4.78 is 0. The first-order chi connectivity index (χ1) is 7.17. The van der Waals surface area contributed by atoms with Crippen molar-refractivity contribution in [2.75, 3.05) is 26.2 Å². The zero-order valence-electron chi connectivity index (χ0n) is 9.45. The van der Waals surface area contributed by atoms with Crippen LogP contribution in [0.1, 0.15) is 26.7 Å². The lowest BCUT2D eigenvalue weighted by molar-refractivity contribution is -0.146. The number of rotatable bonds is 6. The maximum Gasteiger partial charge on any atom is 0.311 e. The lowest BCUT2D eigenvalue weighted by atomic mass is 10.3. The Morgan fingerprint density at radius 2 is 2.00 bits per heavy atom. The van der Waals surface area contributed by atoms with Gasteiger partial charge in [0.2, 0.25) is 0 Å². The van der Waals surface area contributed by atoms with Gasteiger partial charge >= 0.3 is 11.8 Å². The van der Waals surface area contributed by atoms with E-state index in [1.807, 2.05) is 6.92 Å². The fraction of sp³-hybridized carbons (Fsp3) is 0.800. The number of nitrogens with zero attached hydrogens (tertiary/aromatic N) is 1. The topological polar surface area (TPSA) is 69.6 Å². The van der Waals surface area contributed by atoms with E-state index >= 15 is 0 Å². The minimum absolute atomic E-state index is 0.123. The molecule has 5 nitrogen and oxygen atoms in total. The highest BCUT2D eigenvalue weighted by atomic mass is 16.3. The molecule has 15 heavy (non-hydrogen) atoms. The van der Waals surface area contributed by atoms with Crippen LogP contribution in [0.15, 0.2) is 0 Å². The quantitative estimate of drug-likeness (QED) is 0.475. The molecule has 88 valence electrons. The standard InChI is InChI=1S/C10H20N2O3/c1-3-5-6-11-9(14)10(15)12(4-2)7-8-13/h13H,3-8H2,1-2H3,(H,11,14). The first-order valence-corrected chi connectivity index (χ1v) is 5.35. The molecule has 0 saturated heterocycles. The van der Waals surface area contributed by atoms with Crippen molar-refractivity contribution in [1.82, 2.24) is 10.2 Å². The molecule has 2 amide bonds. The highest BCUT2D eigenvalue weighted by Gasteiger charge is 2.18. The summed E-state index contributed by atoms with van der Waals surface area (Å²) in [4.78, 5) is 24.1. The summed E-state index contributed by atoms with van der Waals surface area (Å²) in [6.45, 7) is 4.82. The third-order valence-electron chi connectivity index (χ3n) is 2.05. The zero-order valence-corrected chi connectivity index (χ0v) is 9.45. The summed E-state index contributed by atoms with van der Waals surface area (Å²) in [6.07, 6.45) is 1.84. The molecule has 0 fully saturated rings. The minimum Gasteiger partial charge on any atom is -0.395 e. The Hall–Kier alpha value is -1.10. The van der Waals surface area contributed by atoms with Gasteiger partial charge in [-0.15, -0.1) is 0 Å². The van der Waals surface area contributed by atoms with E-state index in [1.165, 1.54) is 4.90 Å². The van der Waals surface area contributed by atoms with Crippen LogP contribution in [0.25, 0.3) is 0 Å². The van der Waals surface area contributed by atoms with Gasteiger partial charge in [-0.1, -0.05) is 13.3 Å². The maximum atomic E-state index is 11.5. The predicted octanol–water partition coefficient (Wildman–Crippen LogP) is -0.256. The molecule has 5 heteroatoms. The van der Waals surface area contributed by atoms with Crippen LogP contribution in [0.2, 0.25) is 0 Å². The Balaban J connectivity index is 3.99. The van der Waals surface area contributed by atoms with Crippen LogP contribution in [0, 0.1) is 0 Å². The van der Waals surface area contributed by atoms with Gasteiger partial charge in [-0.2, -0.15) is 0 Å². The lowest BCUT2D eigenvalue weighted by Gasteiger charge is -2.18. The van der Waals surface area contributed by atoms with Crippen molar-refractivity contribution in [1.29, 1.82) is 0 Å². The van der Waals surface area contributed by atoms with Gasteiger partial charge < -0.3 is 15.3 Å². The van der Waals surface area contributed by atoms with Crippen molar-refractivity contribution >= 4 is 11.8 Å². The molecule has 0 aromatic heterocycles. The Bertz CT molecular complexity index is 207. The zero-order chi connectivity index (χ0) is 11.7. The summed E-state index contributed by atoms with van der Waals surface area (Å²) >= 11 is 0. The summed E-state index contributed by atoms with van der Waals surface area (Å²) in [5, 5.41) is 11.2. The van der Waals surface area contributed by atoms with E-state index in [9.17, 15) is 9.59 Å². The van der Waals surface area contributed by atoms with E-state index in [4.69, 9.17) is 5.11 Å². The highest BCUT2D eigenvalue weighted by molar-refractivity contribution is 6.34. The Labute approximate surface area is 90.5 Å². The number of unbranched alkanes of at least 4 members (excludes halogenated alkanes) is 1. The Morgan fingerprint density at radius 3 is 2.47 bits per heavy atom. The number of nitrogens with one attached hydrogen (secondary N) is 1. The van der Waals surface area contributed by atoms with Crippen LogP contribution in [-0.4, -0.2) is 48.1 Å². The molecule has 0 saturated carbocycles. The van der Waals surface area contributed by atoms with Gasteiger partial charge in [-0.05, 0) is 13.3 Å². The predicted molar refractivity (Wildman–Crippen MR) is 57.3 cm³/mol. The molecule has 0 heterocycles. The largest absolute Gasteiger partial charge is 0.395 e. The third-order valence-corrected chi connectivity index (χ3v) is 2.05. The number of likely N-dealkylation sites (N-methyl/N-ethyl adjacent to an activating group) is 1. The second-order valence-corrected chi connectivity index (χ2v) is 3.22. The molecule has 0 radical (unpaired) electrons. The third kappa shape index (κ3) is 5.37. The molecular formula is C10H20N2O3. The summed E-state index contributed by atoms with van der Waals surface area (Å²) in [5.74, 6) is -1.15. The first kappa shape index (κ1) is 13.9. The van der Waals surface area contributed by atoms with E-state index < -0.39 is 11.8 Å². The van der Waals surface area contributed by atoms with E-state index in [2.05, 4.69) is 5.32 Å². The molecule has 0 aliphatic rings. The minimum atomic E-state index is -0.584. The SMILES string of the molecule is CCCCNC(=O)C(=O)N(CC)CCO. The number of hydrogen-bond donors (Lipinski definition) is 2. The van der Waals surface area contributed by atoms with Crippen molar-refractivity contribution in [3.63, 3.8) is 0 Å². The van der Waals surface area contributed by atoms with Crippen LogP contribution >= 0.6 is 0 Å². The number of carbonyl (C=O) groups excluding carboxylic acids is 2. The number of amides is 2. The smallest absolute Gasteiger partial charge is 0.311 e. The maximum absolute atomic E-state index is 11.5. The molecule has 0 bridgehead atoms. The molecule has 0 aromatic carbocycles. The van der Waals surface area contributed by atoms with Gasteiger partial charge in [0.05, 0.1) is 6.61 Å². The van der Waals surface area contributed by atoms with E-state index in [0.717, 1.165) is 12.8 Å². The average Bonchev–Trinajstić information content (AvgIpc) is 2.25. The normalized spacial score (nSPS) is 9.80. The van der Waals surface area contributed by atoms with Crippen molar-refractivity contribution < 1.29 is 14.7 Å². The Morgan fingerprint density at radius 1 is 1.33 bits per heavy atom. The fourth-order valence-corrected chi connectivity index (χ4v) is 1.12. The van der Waals surface area contributed by atoms with Crippen LogP contribution in [0.3, 0.4) is 0 Å². The van der Waals surface area contributed by atoms with Crippen LogP contribution in [0.5, 0.6) is 0 Å². The second-order valence-electron chi connectivity index (χ2n) is 3.22. The molecule has 0 unspecified atom stereocenters. The number of aliphatic hydroxyl groups excluding tert-OH is 1. The number of carbonyl (C=O) groups is 2. The van der Waals surface area contributed by atoms with Crippen molar-refractivity contribution in [3.05, 3.63) is 0 Å². The fourth-order valence-electron chi connectivity index (χ4n) is 1.12. The van der Waals surface area contributed by atoms with Crippen molar-refractivity contribution in [2.24, 2.45) is 0 Å². The average molecular weight is 216 g/mol.